The zero-order valence-corrected chi connectivity index (χ0v) is 17.7. The van der Waals surface area contributed by atoms with Crippen LogP contribution >= 0.6 is 36.4 Å². The smallest absolute Gasteiger partial charge is 0.172 e. The molecule has 152 valence electrons. The Balaban J connectivity index is 0.00000182. The molecule has 1 aliphatic rings. The maximum atomic E-state index is 10.4. The monoisotopic (exact) mass is 437 g/mol. The van der Waals surface area contributed by atoms with Gasteiger partial charge in [0.1, 0.15) is 5.82 Å². The van der Waals surface area contributed by atoms with Crippen LogP contribution in [-0.4, -0.2) is 47.6 Å². The van der Waals surface area contributed by atoms with E-state index in [9.17, 15) is 5.11 Å². The average Bonchev–Trinajstić information content (AvgIpc) is 3.09. The maximum absolute atomic E-state index is 10.4. The van der Waals surface area contributed by atoms with Crippen LogP contribution in [0.4, 0.5) is 0 Å². The zero-order chi connectivity index (χ0) is 17.8. The van der Waals surface area contributed by atoms with Gasteiger partial charge >= 0.3 is 0 Å². The second kappa shape index (κ2) is 11.0. The van der Waals surface area contributed by atoms with Crippen molar-refractivity contribution in [3.8, 4) is 22.9 Å². The van der Waals surface area contributed by atoms with Crippen molar-refractivity contribution in [1.29, 1.82) is 0 Å². The number of β-amino-alcohol motifs (C(OH)–C–C–N with tert-alkyl or cyclic N) is 1. The molecule has 0 bridgehead atoms. The minimum Gasteiger partial charge on any atom is -0.493 e. The topological polar surface area (TPSA) is 68.5 Å². The van der Waals surface area contributed by atoms with Gasteiger partial charge in [0.05, 0.1) is 31.4 Å². The van der Waals surface area contributed by atoms with E-state index < -0.39 is 6.10 Å². The Hall–Kier alpha value is -1.18. The molecule has 0 unspecified atom stereocenters. The first-order chi connectivity index (χ1) is 12.2. The molecule has 0 radical (unpaired) electrons. The molecule has 1 aromatic heterocycles. The van der Waals surface area contributed by atoms with Gasteiger partial charge in [-0.15, -0.1) is 24.8 Å². The van der Waals surface area contributed by atoms with Crippen molar-refractivity contribution in [2.45, 2.75) is 31.9 Å². The molecule has 0 aliphatic carbocycles. The summed E-state index contributed by atoms with van der Waals surface area (Å²) in [5.41, 5.74) is 0.772. The summed E-state index contributed by atoms with van der Waals surface area (Å²) in [5, 5.41) is 14.1. The van der Waals surface area contributed by atoms with Crippen LogP contribution in [0.1, 0.15) is 25.8 Å². The van der Waals surface area contributed by atoms with Crippen LogP contribution in [0.2, 0.25) is 5.02 Å². The minimum absolute atomic E-state index is 0. The van der Waals surface area contributed by atoms with Gasteiger partial charge < -0.3 is 24.5 Å². The van der Waals surface area contributed by atoms with E-state index in [1.54, 1.807) is 19.4 Å². The second-order valence-electron chi connectivity index (χ2n) is 6.12. The lowest BCUT2D eigenvalue weighted by Gasteiger charge is -2.30. The van der Waals surface area contributed by atoms with Crippen LogP contribution in [0.25, 0.3) is 11.4 Å². The molecule has 9 heteroatoms. The van der Waals surface area contributed by atoms with Gasteiger partial charge in [0.25, 0.3) is 0 Å². The molecule has 1 aliphatic heterocycles. The number of benzene rings is 1. The van der Waals surface area contributed by atoms with Crippen LogP contribution in [0.5, 0.6) is 11.5 Å². The lowest BCUT2D eigenvalue weighted by Crippen LogP contribution is -2.41. The first kappa shape index (κ1) is 23.9. The van der Waals surface area contributed by atoms with Crippen molar-refractivity contribution >= 4 is 36.4 Å². The number of hydrogen-bond acceptors (Lipinski definition) is 5. The first-order valence-corrected chi connectivity index (χ1v) is 8.95. The van der Waals surface area contributed by atoms with Gasteiger partial charge in [-0.25, -0.2) is 4.98 Å². The molecule has 0 saturated carbocycles. The van der Waals surface area contributed by atoms with Gasteiger partial charge in [0.2, 0.25) is 0 Å². The Kier molecular flexibility index (Phi) is 9.70. The number of aromatic nitrogens is 2. The highest BCUT2D eigenvalue weighted by atomic mass is 35.5. The fraction of sp³-hybridized carbons (Fsp3) is 0.500. The van der Waals surface area contributed by atoms with Gasteiger partial charge in [-0.05, 0) is 25.5 Å². The van der Waals surface area contributed by atoms with Crippen LogP contribution in [0.3, 0.4) is 0 Å². The quantitative estimate of drug-likeness (QED) is 0.719. The summed E-state index contributed by atoms with van der Waals surface area (Å²) in [7, 11) is 1.59. The number of methoxy groups -OCH3 is 1. The van der Waals surface area contributed by atoms with Crippen molar-refractivity contribution in [3.63, 3.8) is 0 Å². The molecule has 27 heavy (non-hydrogen) atoms. The molecule has 2 aromatic rings. The third-order valence-electron chi connectivity index (χ3n) is 4.37. The number of hydrogen-bond donors (Lipinski definition) is 2. The molecule has 2 atom stereocenters. The standard InChI is InChI=1S/C18H24ClN3O3.2ClH/c1-3-8-25-17-13(9-12(19)10-16(17)24-2)18-21-6-7-22(18)14-4-5-20-11-15(14)23;;/h6-7,9-10,14-15,20,23H,3-5,8,11H2,1-2H3;2*1H/t14-,15-;;/m0../s1. The first-order valence-electron chi connectivity index (χ1n) is 8.58. The van der Waals surface area contributed by atoms with Crippen LogP contribution in [-0.2, 0) is 0 Å². The highest BCUT2D eigenvalue weighted by molar-refractivity contribution is 6.31. The number of nitrogens with one attached hydrogen (secondary N) is 1. The van der Waals surface area contributed by atoms with E-state index in [4.69, 9.17) is 21.1 Å². The third kappa shape index (κ3) is 5.21. The van der Waals surface area contributed by atoms with E-state index in [1.807, 2.05) is 23.8 Å². The van der Waals surface area contributed by atoms with E-state index in [0.29, 0.717) is 29.7 Å². The van der Waals surface area contributed by atoms with Crippen molar-refractivity contribution < 1.29 is 14.6 Å². The lowest BCUT2D eigenvalue weighted by atomic mass is 10.0. The van der Waals surface area contributed by atoms with Crippen LogP contribution in [0, 0.1) is 0 Å². The number of aliphatic hydroxyl groups is 1. The Bertz CT molecular complexity index is 727. The van der Waals surface area contributed by atoms with Gasteiger partial charge in [-0.3, -0.25) is 0 Å². The Morgan fingerprint density at radius 3 is 2.81 bits per heavy atom. The number of imidazole rings is 1. The van der Waals surface area contributed by atoms with Crippen molar-refractivity contribution in [2.75, 3.05) is 26.8 Å². The molecule has 2 heterocycles. The SMILES string of the molecule is CCCOc1c(OC)cc(Cl)cc1-c1nccn1[C@H]1CCNC[C@@H]1O.Cl.Cl. The normalized spacial score (nSPS) is 19.0. The third-order valence-corrected chi connectivity index (χ3v) is 4.59. The van der Waals surface area contributed by atoms with Crippen molar-refractivity contribution in [2.24, 2.45) is 0 Å². The number of ether oxygens (including phenoxy) is 2. The lowest BCUT2D eigenvalue weighted by molar-refractivity contribution is 0.0880. The van der Waals surface area contributed by atoms with Crippen molar-refractivity contribution in [3.05, 3.63) is 29.5 Å². The van der Waals surface area contributed by atoms with E-state index in [2.05, 4.69) is 10.3 Å². The number of piperidine rings is 1. The summed E-state index contributed by atoms with van der Waals surface area (Å²) in [6, 6.07) is 3.53. The number of nitrogens with zero attached hydrogens (tertiary/aromatic N) is 2. The average molecular weight is 439 g/mol. The predicted octanol–water partition coefficient (Wildman–Crippen LogP) is 3.74. The largest absolute Gasteiger partial charge is 0.493 e. The summed E-state index contributed by atoms with van der Waals surface area (Å²) in [6.45, 7) is 4.05. The summed E-state index contributed by atoms with van der Waals surface area (Å²) in [5.74, 6) is 1.93. The van der Waals surface area contributed by atoms with Crippen molar-refractivity contribution in [1.82, 2.24) is 14.9 Å². The van der Waals surface area contributed by atoms with Gasteiger partial charge in [-0.1, -0.05) is 18.5 Å². The van der Waals surface area contributed by atoms with E-state index in [-0.39, 0.29) is 30.9 Å². The summed E-state index contributed by atoms with van der Waals surface area (Å²) in [4.78, 5) is 4.52. The van der Waals surface area contributed by atoms with E-state index >= 15 is 0 Å². The maximum Gasteiger partial charge on any atom is 0.172 e. The molecule has 0 amide bonds. The number of aliphatic hydroxyl groups excluding tert-OH is 1. The fourth-order valence-corrected chi connectivity index (χ4v) is 3.39. The van der Waals surface area contributed by atoms with Gasteiger partial charge in [0, 0.05) is 30.0 Å². The Labute approximate surface area is 177 Å². The Morgan fingerprint density at radius 1 is 1.37 bits per heavy atom. The van der Waals surface area contributed by atoms with Gasteiger partial charge in [-0.2, -0.15) is 0 Å². The summed E-state index contributed by atoms with van der Waals surface area (Å²) >= 11 is 6.29. The molecule has 3 rings (SSSR count). The Morgan fingerprint density at radius 2 is 2.15 bits per heavy atom. The highest BCUT2D eigenvalue weighted by Gasteiger charge is 2.28. The number of rotatable bonds is 6. The molecule has 1 fully saturated rings. The number of halogens is 3. The molecule has 1 aromatic carbocycles. The molecule has 0 spiro atoms. The summed E-state index contributed by atoms with van der Waals surface area (Å²) in [6.07, 6.45) is 4.87. The van der Waals surface area contributed by atoms with Crippen LogP contribution < -0.4 is 14.8 Å². The van der Waals surface area contributed by atoms with E-state index in [0.717, 1.165) is 30.8 Å². The van der Waals surface area contributed by atoms with E-state index in [1.165, 1.54) is 0 Å². The molecule has 2 N–H and O–H groups in total. The fourth-order valence-electron chi connectivity index (χ4n) is 3.18. The molecule has 1 saturated heterocycles. The molecular formula is C18H26Cl3N3O3. The van der Waals surface area contributed by atoms with Crippen LogP contribution in [0.15, 0.2) is 24.5 Å². The second-order valence-corrected chi connectivity index (χ2v) is 6.56. The van der Waals surface area contributed by atoms with Gasteiger partial charge in [0.15, 0.2) is 11.5 Å². The minimum atomic E-state index is -0.470. The highest BCUT2D eigenvalue weighted by Crippen LogP contribution is 2.41. The zero-order valence-electron chi connectivity index (χ0n) is 15.4. The predicted molar refractivity (Wildman–Crippen MR) is 112 cm³/mol. The summed E-state index contributed by atoms with van der Waals surface area (Å²) < 4.78 is 13.4. The molecule has 6 nitrogen and oxygen atoms in total. The molecular weight excluding hydrogens is 413 g/mol.